The number of ketones is 7. The molecule has 10 N–H and O–H groups in total. The Balaban J connectivity index is -0.000000122. The fourth-order valence-electron chi connectivity index (χ4n) is 4.76. The van der Waals surface area contributed by atoms with Crippen LogP contribution in [0.1, 0.15) is 108 Å². The van der Waals surface area contributed by atoms with Crippen LogP contribution in [0.3, 0.4) is 0 Å². The number of carboxylic acids is 3. The third-order valence-electron chi connectivity index (χ3n) is 8.29. The molecular formula is C44H90N8O13. The molecule has 0 bridgehead atoms. The number of carboxylic acid groups (broad SMARTS) is 3. The van der Waals surface area contributed by atoms with E-state index in [1.54, 1.807) is 55.9 Å². The molecule has 0 aromatic heterocycles. The van der Waals surface area contributed by atoms with Crippen molar-refractivity contribution in [2.45, 2.75) is 138 Å². The Morgan fingerprint density at radius 1 is 0.492 bits per heavy atom. The molecule has 0 heterocycles. The maximum atomic E-state index is 11.0. The van der Waals surface area contributed by atoms with Crippen molar-refractivity contribution in [1.29, 1.82) is 0 Å². The standard InChI is InChI=1S/C9H20N2O.C7H13NO3.C7H15NO.2C6H11NO3.C5H11NO.C4H9NO/c1-8(12)9(11-3)6-4-5-7-10-2;1-5(9)3-6(8-2)4-7(10)11;1-5(2)7(8-4)6(3)9;1-5(8)3-7(2)4-6(9)10;1-4(8)3-5(7-2)6(9)10;1-4(6-3)5(2)7;1-4(6)3-5-2/h9-11H,4-7H2,1-3H3;6,8H,3-4H2,1-2H3,(H,10,11);5,7-8H,1-4H3;3-4H2,1-2H3,(H,9,10);5,7H,3H2,1-2H3,(H,9,10);4,6H,1-3H3;5H,3H2,1-2H3. The quantitative estimate of drug-likeness (QED) is 0.0505. The molecule has 0 radical (unpaired) electrons. The van der Waals surface area contributed by atoms with E-state index in [1.807, 2.05) is 41.9 Å². The normalized spacial score (nSPS) is 12.1. The molecule has 0 fully saturated rings. The smallest absolute Gasteiger partial charge is 0.321 e. The summed E-state index contributed by atoms with van der Waals surface area (Å²) in [5, 5.41) is 44.9. The van der Waals surface area contributed by atoms with Crippen LogP contribution < -0.4 is 37.2 Å². The van der Waals surface area contributed by atoms with Gasteiger partial charge in [-0.1, -0.05) is 20.3 Å². The molecule has 5 unspecified atom stereocenters. The second kappa shape index (κ2) is 50.8. The molecule has 21 nitrogen and oxygen atoms in total. The Morgan fingerprint density at radius 3 is 1.17 bits per heavy atom. The zero-order valence-corrected chi connectivity index (χ0v) is 42.9. The number of hydrogen-bond acceptors (Lipinski definition) is 18. The summed E-state index contributed by atoms with van der Waals surface area (Å²) in [5.41, 5.74) is 0. The molecule has 0 rings (SSSR count). The third kappa shape index (κ3) is 66.5. The zero-order valence-electron chi connectivity index (χ0n) is 42.9. The van der Waals surface area contributed by atoms with E-state index in [9.17, 15) is 47.9 Å². The molecular weight excluding hydrogens is 849 g/mol. The molecule has 21 heteroatoms. The minimum atomic E-state index is -0.988. The topological polar surface area (TPSA) is 319 Å². The van der Waals surface area contributed by atoms with Crippen LogP contribution in [0.15, 0.2) is 0 Å². The number of aliphatic carboxylic acids is 3. The highest BCUT2D eigenvalue weighted by Gasteiger charge is 2.16. The van der Waals surface area contributed by atoms with E-state index in [1.165, 1.54) is 32.7 Å². The van der Waals surface area contributed by atoms with Crippen molar-refractivity contribution in [2.75, 3.05) is 82.6 Å². The van der Waals surface area contributed by atoms with Gasteiger partial charge in [0.15, 0.2) is 0 Å². The van der Waals surface area contributed by atoms with Crippen LogP contribution in [0.4, 0.5) is 0 Å². The summed E-state index contributed by atoms with van der Waals surface area (Å²) < 4.78 is 0. The number of hydrogen-bond donors (Lipinski definition) is 10. The fourth-order valence-corrected chi connectivity index (χ4v) is 4.76. The molecule has 0 amide bonds. The average Bonchev–Trinajstić information content (AvgIpc) is 3.16. The number of rotatable bonds is 27. The van der Waals surface area contributed by atoms with E-state index in [0.717, 1.165) is 25.8 Å². The van der Waals surface area contributed by atoms with E-state index >= 15 is 0 Å². The molecule has 0 saturated heterocycles. The predicted molar refractivity (Wildman–Crippen MR) is 255 cm³/mol. The first kappa shape index (κ1) is 75.1. The van der Waals surface area contributed by atoms with Crippen LogP contribution in [0.25, 0.3) is 0 Å². The van der Waals surface area contributed by atoms with E-state index in [4.69, 9.17) is 15.3 Å². The van der Waals surface area contributed by atoms with Gasteiger partial charge in [-0.25, -0.2) is 0 Å². The summed E-state index contributed by atoms with van der Waals surface area (Å²) in [6.45, 7) is 18.2. The summed E-state index contributed by atoms with van der Waals surface area (Å²) >= 11 is 0. The summed E-state index contributed by atoms with van der Waals surface area (Å²) in [5.74, 6) is -1.72. The second-order valence-electron chi connectivity index (χ2n) is 15.4. The molecule has 0 saturated carbocycles. The monoisotopic (exact) mass is 939 g/mol. The molecule has 0 spiro atoms. The lowest BCUT2D eigenvalue weighted by Crippen LogP contribution is -2.36. The first-order valence-electron chi connectivity index (χ1n) is 21.4. The van der Waals surface area contributed by atoms with E-state index in [-0.39, 0.29) is 97.0 Å². The third-order valence-corrected chi connectivity index (χ3v) is 8.29. The first-order valence-corrected chi connectivity index (χ1v) is 21.4. The summed E-state index contributed by atoms with van der Waals surface area (Å²) in [6, 6.07) is -0.866. The molecule has 0 aliphatic heterocycles. The van der Waals surface area contributed by atoms with Crippen molar-refractivity contribution >= 4 is 58.4 Å². The van der Waals surface area contributed by atoms with Crippen molar-refractivity contribution in [3.63, 3.8) is 0 Å². The van der Waals surface area contributed by atoms with Crippen LogP contribution in [-0.2, 0) is 47.9 Å². The lowest BCUT2D eigenvalue weighted by Gasteiger charge is -2.15. The van der Waals surface area contributed by atoms with E-state index in [0.29, 0.717) is 12.5 Å². The van der Waals surface area contributed by atoms with Gasteiger partial charge in [0.2, 0.25) is 0 Å². The number of nitrogens with one attached hydrogen (secondary N) is 7. The van der Waals surface area contributed by atoms with Gasteiger partial charge in [-0.3, -0.25) is 52.8 Å². The number of likely N-dealkylation sites (N-methyl/N-ethyl adjacent to an activating group) is 6. The van der Waals surface area contributed by atoms with Crippen LogP contribution >= 0.6 is 0 Å². The molecule has 0 aromatic rings. The highest BCUT2D eigenvalue weighted by molar-refractivity contribution is 5.84. The minimum absolute atomic E-state index is 0.00389. The largest absolute Gasteiger partial charge is 0.481 e. The SMILES string of the molecule is CC(=O)CN(C)CC(=O)O.CNC(C(C)=O)C(C)C.CNC(C)C(C)=O.CNC(CC(C)=O)C(=O)O.CNC(CC(C)=O)CC(=O)O.CNCC(C)=O.CNCCCCC(NC)C(C)=O. The summed E-state index contributed by atoms with van der Waals surface area (Å²) in [4.78, 5) is 105. The van der Waals surface area contributed by atoms with Gasteiger partial charge in [0.1, 0.15) is 46.5 Å². The Morgan fingerprint density at radius 2 is 0.985 bits per heavy atom. The molecule has 0 aromatic carbocycles. The summed E-state index contributed by atoms with van der Waals surface area (Å²) in [7, 11) is 13.9. The van der Waals surface area contributed by atoms with Gasteiger partial charge >= 0.3 is 17.9 Å². The van der Waals surface area contributed by atoms with Crippen molar-refractivity contribution in [1.82, 2.24) is 42.1 Å². The Kier molecular flexibility index (Phi) is 58.7. The Bertz CT molecular complexity index is 1300. The van der Waals surface area contributed by atoms with Crippen LogP contribution in [0.2, 0.25) is 0 Å². The van der Waals surface area contributed by atoms with Gasteiger partial charge in [-0.05, 0) is 137 Å². The number of carbonyl (C=O) groups excluding carboxylic acids is 7. The van der Waals surface area contributed by atoms with E-state index in [2.05, 4.69) is 37.2 Å². The van der Waals surface area contributed by atoms with Crippen molar-refractivity contribution in [3.8, 4) is 0 Å². The van der Waals surface area contributed by atoms with Gasteiger partial charge in [0.05, 0.1) is 44.2 Å². The lowest BCUT2D eigenvalue weighted by atomic mass is 10.0. The Labute approximate surface area is 389 Å². The lowest BCUT2D eigenvalue weighted by molar-refractivity contribution is -0.141. The molecule has 65 heavy (non-hydrogen) atoms. The maximum absolute atomic E-state index is 11.0. The highest BCUT2D eigenvalue weighted by Crippen LogP contribution is 2.02. The van der Waals surface area contributed by atoms with Gasteiger partial charge in [-0.2, -0.15) is 0 Å². The predicted octanol–water partition coefficient (Wildman–Crippen LogP) is 0.609. The van der Waals surface area contributed by atoms with Crippen molar-refractivity contribution in [2.24, 2.45) is 5.92 Å². The fraction of sp³-hybridized carbons (Fsp3) is 0.773. The van der Waals surface area contributed by atoms with Gasteiger partial charge in [-0.15, -0.1) is 0 Å². The highest BCUT2D eigenvalue weighted by atomic mass is 16.4. The molecule has 5 atom stereocenters. The number of Topliss-reactive ketones (excluding diaryl/α,β-unsaturated/α-hetero) is 7. The number of carbonyl (C=O) groups is 10. The van der Waals surface area contributed by atoms with Crippen LogP contribution in [0, 0.1) is 5.92 Å². The molecule has 0 aliphatic carbocycles. The van der Waals surface area contributed by atoms with Crippen LogP contribution in [0.5, 0.6) is 0 Å². The minimum Gasteiger partial charge on any atom is -0.481 e. The zero-order chi connectivity index (χ0) is 52.8. The second-order valence-corrected chi connectivity index (χ2v) is 15.4. The molecule has 0 aliphatic rings. The van der Waals surface area contributed by atoms with E-state index < -0.39 is 23.9 Å². The van der Waals surface area contributed by atoms with Crippen molar-refractivity contribution in [3.05, 3.63) is 0 Å². The van der Waals surface area contributed by atoms with Gasteiger partial charge in [0.25, 0.3) is 0 Å². The summed E-state index contributed by atoms with van der Waals surface area (Å²) in [6.07, 6.45) is 3.52. The molecule has 384 valence electrons. The van der Waals surface area contributed by atoms with Gasteiger partial charge < -0.3 is 52.5 Å². The number of unbranched alkanes of at least 4 members (excludes halogenated alkanes) is 1. The van der Waals surface area contributed by atoms with Crippen molar-refractivity contribution < 1.29 is 63.3 Å². The first-order chi connectivity index (χ1) is 29.9. The van der Waals surface area contributed by atoms with Crippen LogP contribution in [-0.4, -0.2) is 191 Å². The maximum Gasteiger partial charge on any atom is 0.321 e. The average molecular weight is 939 g/mol. The number of nitrogens with zero attached hydrogens (tertiary/aromatic N) is 1. The van der Waals surface area contributed by atoms with Gasteiger partial charge in [0, 0.05) is 18.9 Å². The Hall–Kier alpha value is -4.22.